The standard InChI is InChI=1S/C16H19NO/c1-17(2)10-12-18-11-9-14-7-8-15-5-3-4-6-16(15)13-14/h3-9,11,13H,10,12H2,1-2H3. The maximum Gasteiger partial charge on any atom is 0.0999 e. The predicted molar refractivity (Wildman–Crippen MR) is 77.5 cm³/mol. The molecule has 0 heterocycles. The summed E-state index contributed by atoms with van der Waals surface area (Å²) in [4.78, 5) is 2.10. The van der Waals surface area contributed by atoms with Crippen LogP contribution in [-0.4, -0.2) is 32.1 Å². The normalized spacial score (nSPS) is 11.5. The van der Waals surface area contributed by atoms with Gasteiger partial charge in [-0.2, -0.15) is 0 Å². The summed E-state index contributed by atoms with van der Waals surface area (Å²) < 4.78 is 5.44. The SMILES string of the molecule is CN(C)CCOC=Cc1ccc2ccccc2c1. The van der Waals surface area contributed by atoms with Crippen LogP contribution < -0.4 is 0 Å². The highest BCUT2D eigenvalue weighted by Crippen LogP contribution is 2.16. The molecule has 0 saturated heterocycles. The highest BCUT2D eigenvalue weighted by Gasteiger charge is 1.93. The van der Waals surface area contributed by atoms with Crippen molar-refractivity contribution in [3.8, 4) is 0 Å². The number of benzene rings is 2. The minimum atomic E-state index is 0.719. The van der Waals surface area contributed by atoms with Crippen LogP contribution in [0.4, 0.5) is 0 Å². The van der Waals surface area contributed by atoms with E-state index in [-0.39, 0.29) is 0 Å². The first-order valence-corrected chi connectivity index (χ1v) is 6.17. The molecule has 0 aliphatic rings. The number of hydrogen-bond donors (Lipinski definition) is 0. The lowest BCUT2D eigenvalue weighted by molar-refractivity contribution is 0.214. The van der Waals surface area contributed by atoms with Gasteiger partial charge in [-0.05, 0) is 42.6 Å². The van der Waals surface area contributed by atoms with E-state index in [4.69, 9.17) is 4.74 Å². The van der Waals surface area contributed by atoms with Crippen LogP contribution >= 0.6 is 0 Å². The third kappa shape index (κ3) is 3.60. The molecule has 0 spiro atoms. The molecule has 0 fully saturated rings. The van der Waals surface area contributed by atoms with Gasteiger partial charge in [0.2, 0.25) is 0 Å². The molecule has 0 aromatic heterocycles. The molecule has 2 heteroatoms. The number of likely N-dealkylation sites (N-methyl/N-ethyl adjacent to an activating group) is 1. The van der Waals surface area contributed by atoms with E-state index < -0.39 is 0 Å². The van der Waals surface area contributed by atoms with Crippen LogP contribution in [0.1, 0.15) is 5.56 Å². The summed E-state index contributed by atoms with van der Waals surface area (Å²) in [7, 11) is 4.08. The molecule has 0 aliphatic heterocycles. The molecule has 2 aromatic carbocycles. The largest absolute Gasteiger partial charge is 0.500 e. The molecular formula is C16H19NO. The first-order valence-electron chi connectivity index (χ1n) is 6.17. The minimum absolute atomic E-state index is 0.719. The van der Waals surface area contributed by atoms with Gasteiger partial charge in [0.1, 0.15) is 0 Å². The van der Waals surface area contributed by atoms with Crippen molar-refractivity contribution in [2.45, 2.75) is 0 Å². The molecule has 2 aromatic rings. The highest BCUT2D eigenvalue weighted by molar-refractivity contribution is 5.84. The van der Waals surface area contributed by atoms with E-state index in [1.165, 1.54) is 16.3 Å². The maximum atomic E-state index is 5.44. The lowest BCUT2D eigenvalue weighted by Crippen LogP contribution is -2.16. The molecule has 0 saturated carbocycles. The van der Waals surface area contributed by atoms with Crippen LogP contribution in [0.3, 0.4) is 0 Å². The first kappa shape index (κ1) is 12.7. The molecule has 2 nitrogen and oxygen atoms in total. The third-order valence-electron chi connectivity index (χ3n) is 2.79. The second-order valence-electron chi connectivity index (χ2n) is 4.58. The lowest BCUT2D eigenvalue weighted by atomic mass is 10.1. The van der Waals surface area contributed by atoms with E-state index in [2.05, 4.69) is 47.4 Å². The Bertz CT molecular complexity index is 531. The van der Waals surface area contributed by atoms with Crippen LogP contribution in [0.25, 0.3) is 16.8 Å². The van der Waals surface area contributed by atoms with Gasteiger partial charge in [0.05, 0.1) is 12.9 Å². The van der Waals surface area contributed by atoms with E-state index in [0.717, 1.165) is 13.2 Å². The fourth-order valence-corrected chi connectivity index (χ4v) is 1.74. The van der Waals surface area contributed by atoms with E-state index >= 15 is 0 Å². The van der Waals surface area contributed by atoms with E-state index in [9.17, 15) is 0 Å². The molecule has 2 rings (SSSR count). The predicted octanol–water partition coefficient (Wildman–Crippen LogP) is 3.39. The van der Waals surface area contributed by atoms with Crippen LogP contribution in [0.2, 0.25) is 0 Å². The Morgan fingerprint density at radius 2 is 1.83 bits per heavy atom. The van der Waals surface area contributed by atoms with Gasteiger partial charge in [-0.25, -0.2) is 0 Å². The summed E-state index contributed by atoms with van der Waals surface area (Å²) in [5, 5.41) is 2.52. The van der Waals surface area contributed by atoms with Crippen molar-refractivity contribution >= 4 is 16.8 Å². The van der Waals surface area contributed by atoms with Crippen LogP contribution in [0.5, 0.6) is 0 Å². The van der Waals surface area contributed by atoms with E-state index in [1.807, 2.05) is 20.2 Å². The fourth-order valence-electron chi connectivity index (χ4n) is 1.74. The van der Waals surface area contributed by atoms with E-state index in [0.29, 0.717) is 0 Å². The maximum absolute atomic E-state index is 5.44. The Morgan fingerprint density at radius 3 is 2.61 bits per heavy atom. The second kappa shape index (κ2) is 6.22. The zero-order valence-electron chi connectivity index (χ0n) is 11.0. The second-order valence-corrected chi connectivity index (χ2v) is 4.58. The van der Waals surface area contributed by atoms with Gasteiger partial charge in [-0.3, -0.25) is 0 Å². The zero-order valence-corrected chi connectivity index (χ0v) is 11.0. The Morgan fingerprint density at radius 1 is 1.06 bits per heavy atom. The van der Waals surface area contributed by atoms with Crippen molar-refractivity contribution in [3.63, 3.8) is 0 Å². The molecule has 0 N–H and O–H groups in total. The van der Waals surface area contributed by atoms with Crippen molar-refractivity contribution in [1.29, 1.82) is 0 Å². The van der Waals surface area contributed by atoms with Gasteiger partial charge < -0.3 is 9.64 Å². The number of nitrogens with zero attached hydrogens (tertiary/aromatic N) is 1. The minimum Gasteiger partial charge on any atom is -0.500 e. The van der Waals surface area contributed by atoms with Crippen molar-refractivity contribution in [1.82, 2.24) is 4.90 Å². The molecule has 18 heavy (non-hydrogen) atoms. The smallest absolute Gasteiger partial charge is 0.0999 e. The topological polar surface area (TPSA) is 12.5 Å². The average molecular weight is 241 g/mol. The number of hydrogen-bond acceptors (Lipinski definition) is 2. The summed E-state index contributed by atoms with van der Waals surface area (Å²) >= 11 is 0. The number of fused-ring (bicyclic) bond motifs is 1. The molecular weight excluding hydrogens is 222 g/mol. The van der Waals surface area contributed by atoms with Gasteiger partial charge in [0.15, 0.2) is 0 Å². The molecule has 0 radical (unpaired) electrons. The number of ether oxygens (including phenoxy) is 1. The average Bonchev–Trinajstić information content (AvgIpc) is 2.38. The Balaban J connectivity index is 1.97. The highest BCUT2D eigenvalue weighted by atomic mass is 16.5. The Hall–Kier alpha value is -1.80. The summed E-state index contributed by atoms with van der Waals surface area (Å²) in [6.45, 7) is 1.65. The summed E-state index contributed by atoms with van der Waals surface area (Å²) in [6.07, 6.45) is 3.77. The third-order valence-corrected chi connectivity index (χ3v) is 2.79. The van der Waals surface area contributed by atoms with Crippen LogP contribution in [-0.2, 0) is 4.74 Å². The Labute approximate surface area is 108 Å². The summed E-state index contributed by atoms with van der Waals surface area (Å²) in [6, 6.07) is 14.8. The monoisotopic (exact) mass is 241 g/mol. The van der Waals surface area contributed by atoms with Crippen molar-refractivity contribution in [3.05, 3.63) is 54.3 Å². The molecule has 94 valence electrons. The van der Waals surface area contributed by atoms with Gasteiger partial charge >= 0.3 is 0 Å². The van der Waals surface area contributed by atoms with Gasteiger partial charge in [0, 0.05) is 6.54 Å². The quantitative estimate of drug-likeness (QED) is 0.587. The summed E-state index contributed by atoms with van der Waals surface area (Å²) in [5.74, 6) is 0. The van der Waals surface area contributed by atoms with Gasteiger partial charge in [0.25, 0.3) is 0 Å². The first-order chi connectivity index (χ1) is 8.75. The fraction of sp³-hybridized carbons (Fsp3) is 0.250. The van der Waals surface area contributed by atoms with Crippen LogP contribution in [0.15, 0.2) is 48.7 Å². The molecule has 0 unspecified atom stereocenters. The molecule has 0 atom stereocenters. The van der Waals surface area contributed by atoms with Crippen LogP contribution in [0, 0.1) is 0 Å². The van der Waals surface area contributed by atoms with Crippen molar-refractivity contribution in [2.75, 3.05) is 27.2 Å². The van der Waals surface area contributed by atoms with Crippen molar-refractivity contribution in [2.24, 2.45) is 0 Å². The Kier molecular flexibility index (Phi) is 4.37. The van der Waals surface area contributed by atoms with Crippen molar-refractivity contribution < 1.29 is 4.74 Å². The molecule has 0 amide bonds. The number of rotatable bonds is 5. The molecule has 0 aliphatic carbocycles. The lowest BCUT2D eigenvalue weighted by Gasteiger charge is -2.07. The van der Waals surface area contributed by atoms with Gasteiger partial charge in [-0.15, -0.1) is 0 Å². The zero-order chi connectivity index (χ0) is 12.8. The summed E-state index contributed by atoms with van der Waals surface area (Å²) in [5.41, 5.74) is 1.17. The van der Waals surface area contributed by atoms with E-state index in [1.54, 1.807) is 6.26 Å². The van der Waals surface area contributed by atoms with Gasteiger partial charge in [-0.1, -0.05) is 36.4 Å². The molecule has 0 bridgehead atoms.